The number of fused-ring (bicyclic) bond motifs is 1. The molecule has 2 aliphatic rings. The average molecular weight is 277 g/mol. The Balaban J connectivity index is 1.55. The van der Waals surface area contributed by atoms with Crippen molar-refractivity contribution in [1.82, 2.24) is 4.90 Å². The van der Waals surface area contributed by atoms with Crippen LogP contribution in [0.4, 0.5) is 0 Å². The van der Waals surface area contributed by atoms with Crippen molar-refractivity contribution in [2.45, 2.75) is 6.42 Å². The zero-order chi connectivity index (χ0) is 13.8. The molecule has 1 aromatic carbocycles. The molecule has 3 rings (SSSR count). The number of carbonyl (C=O) groups excluding carboxylic acids is 1. The van der Waals surface area contributed by atoms with Crippen molar-refractivity contribution in [2.75, 3.05) is 46.1 Å². The Labute approximate surface area is 118 Å². The molecule has 0 aromatic heterocycles. The van der Waals surface area contributed by atoms with Gasteiger partial charge in [0.1, 0.15) is 18.1 Å². The number of rotatable bonds is 4. The summed E-state index contributed by atoms with van der Waals surface area (Å²) in [7, 11) is 0. The van der Waals surface area contributed by atoms with Gasteiger partial charge in [-0.1, -0.05) is 0 Å². The minimum absolute atomic E-state index is 0.130. The van der Waals surface area contributed by atoms with Gasteiger partial charge in [-0.2, -0.15) is 0 Å². The molecule has 0 spiro atoms. The van der Waals surface area contributed by atoms with Crippen molar-refractivity contribution in [1.29, 1.82) is 0 Å². The Kier molecular flexibility index (Phi) is 4.18. The lowest BCUT2D eigenvalue weighted by Crippen LogP contribution is -2.38. The molecule has 108 valence electrons. The van der Waals surface area contributed by atoms with Crippen LogP contribution in [0.15, 0.2) is 18.2 Å². The molecule has 0 bridgehead atoms. The fraction of sp³-hybridized carbons (Fsp3) is 0.533. The first kappa shape index (κ1) is 13.4. The molecule has 2 heterocycles. The first-order valence-electron chi connectivity index (χ1n) is 7.06. The molecule has 0 atom stereocenters. The van der Waals surface area contributed by atoms with Crippen LogP contribution in [-0.4, -0.2) is 56.7 Å². The second kappa shape index (κ2) is 6.24. The van der Waals surface area contributed by atoms with E-state index in [0.29, 0.717) is 30.9 Å². The minimum atomic E-state index is 0.130. The lowest BCUT2D eigenvalue weighted by atomic mass is 10.1. The SMILES string of the molecule is O=C1CCOc2ccc(OCCN3CCOCC3)cc21. The van der Waals surface area contributed by atoms with Gasteiger partial charge in [0.25, 0.3) is 0 Å². The van der Waals surface area contributed by atoms with Gasteiger partial charge >= 0.3 is 0 Å². The third kappa shape index (κ3) is 3.11. The number of carbonyl (C=O) groups is 1. The van der Waals surface area contributed by atoms with Crippen molar-refractivity contribution in [3.8, 4) is 11.5 Å². The van der Waals surface area contributed by atoms with Crippen LogP contribution in [0.5, 0.6) is 11.5 Å². The van der Waals surface area contributed by atoms with Crippen LogP contribution in [0, 0.1) is 0 Å². The number of benzene rings is 1. The maximum atomic E-state index is 11.8. The van der Waals surface area contributed by atoms with E-state index in [1.807, 2.05) is 12.1 Å². The van der Waals surface area contributed by atoms with Crippen LogP contribution in [0.3, 0.4) is 0 Å². The number of hydrogen-bond acceptors (Lipinski definition) is 5. The molecule has 0 aliphatic carbocycles. The zero-order valence-corrected chi connectivity index (χ0v) is 11.5. The van der Waals surface area contributed by atoms with Crippen molar-refractivity contribution in [3.05, 3.63) is 23.8 Å². The molecular formula is C15H19NO4. The van der Waals surface area contributed by atoms with Crippen molar-refractivity contribution in [3.63, 3.8) is 0 Å². The third-order valence-corrected chi connectivity index (χ3v) is 3.62. The smallest absolute Gasteiger partial charge is 0.170 e. The molecule has 0 radical (unpaired) electrons. The topological polar surface area (TPSA) is 48.0 Å². The Bertz CT molecular complexity index is 483. The van der Waals surface area contributed by atoms with Crippen molar-refractivity contribution < 1.29 is 19.0 Å². The summed E-state index contributed by atoms with van der Waals surface area (Å²) in [5.74, 6) is 1.53. The fourth-order valence-corrected chi connectivity index (χ4v) is 2.45. The average Bonchev–Trinajstić information content (AvgIpc) is 2.49. The van der Waals surface area contributed by atoms with E-state index < -0.39 is 0 Å². The number of Topliss-reactive ketones (excluding diaryl/α,β-unsaturated/α-hetero) is 1. The second-order valence-corrected chi connectivity index (χ2v) is 4.98. The largest absolute Gasteiger partial charge is 0.492 e. The fourth-order valence-electron chi connectivity index (χ4n) is 2.45. The first-order valence-corrected chi connectivity index (χ1v) is 7.06. The summed E-state index contributed by atoms with van der Waals surface area (Å²) in [4.78, 5) is 14.1. The van der Waals surface area contributed by atoms with Gasteiger partial charge in [-0.3, -0.25) is 9.69 Å². The quantitative estimate of drug-likeness (QED) is 0.831. The van der Waals surface area contributed by atoms with E-state index in [-0.39, 0.29) is 5.78 Å². The number of morpholine rings is 1. The highest BCUT2D eigenvalue weighted by Crippen LogP contribution is 2.28. The molecule has 0 N–H and O–H groups in total. The Morgan fingerprint density at radius 3 is 2.90 bits per heavy atom. The van der Waals surface area contributed by atoms with Crippen LogP contribution < -0.4 is 9.47 Å². The van der Waals surface area contributed by atoms with Gasteiger partial charge < -0.3 is 14.2 Å². The number of nitrogens with zero attached hydrogens (tertiary/aromatic N) is 1. The van der Waals surface area contributed by atoms with Crippen LogP contribution in [0.25, 0.3) is 0 Å². The van der Waals surface area contributed by atoms with Gasteiger partial charge in [0.05, 0.1) is 25.4 Å². The van der Waals surface area contributed by atoms with Gasteiger partial charge in [0.15, 0.2) is 5.78 Å². The van der Waals surface area contributed by atoms with Crippen molar-refractivity contribution >= 4 is 5.78 Å². The van der Waals surface area contributed by atoms with Gasteiger partial charge in [0.2, 0.25) is 0 Å². The summed E-state index contributed by atoms with van der Waals surface area (Å²) in [6, 6.07) is 5.46. The van der Waals surface area contributed by atoms with Crippen LogP contribution in [-0.2, 0) is 4.74 Å². The van der Waals surface area contributed by atoms with E-state index in [1.165, 1.54) is 0 Å². The van der Waals surface area contributed by atoms with E-state index >= 15 is 0 Å². The summed E-state index contributed by atoms with van der Waals surface area (Å²) in [6.45, 7) is 5.48. The van der Waals surface area contributed by atoms with E-state index in [4.69, 9.17) is 14.2 Å². The minimum Gasteiger partial charge on any atom is -0.492 e. The molecule has 20 heavy (non-hydrogen) atoms. The zero-order valence-electron chi connectivity index (χ0n) is 11.5. The Morgan fingerprint density at radius 2 is 2.05 bits per heavy atom. The third-order valence-electron chi connectivity index (χ3n) is 3.62. The highest BCUT2D eigenvalue weighted by Gasteiger charge is 2.19. The summed E-state index contributed by atoms with van der Waals surface area (Å²) in [5.41, 5.74) is 0.639. The van der Waals surface area contributed by atoms with Gasteiger partial charge in [-0.25, -0.2) is 0 Å². The molecule has 1 aromatic rings. The molecule has 5 heteroatoms. The number of ether oxygens (including phenoxy) is 3. The normalized spacial score (nSPS) is 19.3. The second-order valence-electron chi connectivity index (χ2n) is 4.98. The van der Waals surface area contributed by atoms with E-state index in [1.54, 1.807) is 6.07 Å². The predicted octanol–water partition coefficient (Wildman–Crippen LogP) is 1.36. The standard InChI is InChI=1S/C15H19NO4/c17-14-3-7-20-15-2-1-12(11-13(14)15)19-10-6-16-4-8-18-9-5-16/h1-2,11H,3-10H2. The molecule has 1 saturated heterocycles. The molecule has 0 saturated carbocycles. The first-order chi connectivity index (χ1) is 9.83. The predicted molar refractivity (Wildman–Crippen MR) is 73.6 cm³/mol. The highest BCUT2D eigenvalue weighted by molar-refractivity contribution is 5.99. The van der Waals surface area contributed by atoms with E-state index in [2.05, 4.69) is 4.90 Å². The summed E-state index contributed by atoms with van der Waals surface area (Å²) < 4.78 is 16.5. The number of hydrogen-bond donors (Lipinski definition) is 0. The summed E-state index contributed by atoms with van der Waals surface area (Å²) >= 11 is 0. The number of ketones is 1. The van der Waals surface area contributed by atoms with Gasteiger partial charge in [0, 0.05) is 26.1 Å². The summed E-state index contributed by atoms with van der Waals surface area (Å²) in [5, 5.41) is 0. The maximum absolute atomic E-state index is 11.8. The van der Waals surface area contributed by atoms with Gasteiger partial charge in [-0.15, -0.1) is 0 Å². The molecule has 0 unspecified atom stereocenters. The monoisotopic (exact) mass is 277 g/mol. The Hall–Kier alpha value is -1.59. The molecule has 0 amide bonds. The van der Waals surface area contributed by atoms with Crippen LogP contribution in [0.1, 0.15) is 16.8 Å². The molecule has 5 nitrogen and oxygen atoms in total. The van der Waals surface area contributed by atoms with Gasteiger partial charge in [-0.05, 0) is 18.2 Å². The molecule has 2 aliphatic heterocycles. The molecule has 1 fully saturated rings. The van der Waals surface area contributed by atoms with E-state index in [0.717, 1.165) is 38.6 Å². The summed E-state index contributed by atoms with van der Waals surface area (Å²) in [6.07, 6.45) is 0.449. The lowest BCUT2D eigenvalue weighted by molar-refractivity contribution is 0.0322. The molecular weight excluding hydrogens is 258 g/mol. The maximum Gasteiger partial charge on any atom is 0.170 e. The Morgan fingerprint density at radius 1 is 1.20 bits per heavy atom. The van der Waals surface area contributed by atoms with Crippen LogP contribution >= 0.6 is 0 Å². The highest BCUT2D eigenvalue weighted by atomic mass is 16.5. The van der Waals surface area contributed by atoms with Crippen molar-refractivity contribution in [2.24, 2.45) is 0 Å². The van der Waals surface area contributed by atoms with Crippen LogP contribution in [0.2, 0.25) is 0 Å². The van der Waals surface area contributed by atoms with E-state index in [9.17, 15) is 4.79 Å². The lowest BCUT2D eigenvalue weighted by Gasteiger charge is -2.26.